The van der Waals surface area contributed by atoms with Crippen molar-refractivity contribution in [1.29, 1.82) is 0 Å². The van der Waals surface area contributed by atoms with Gasteiger partial charge in [0.25, 0.3) is 5.91 Å². The van der Waals surface area contributed by atoms with Gasteiger partial charge in [-0.25, -0.2) is 4.98 Å². The number of benzene rings is 1. The van der Waals surface area contributed by atoms with Crippen LogP contribution in [0.1, 0.15) is 47.1 Å². The summed E-state index contributed by atoms with van der Waals surface area (Å²) in [6, 6.07) is 11.9. The van der Waals surface area contributed by atoms with Crippen molar-refractivity contribution in [3.63, 3.8) is 0 Å². The van der Waals surface area contributed by atoms with Gasteiger partial charge in [0.1, 0.15) is 11.5 Å². The molecule has 0 fully saturated rings. The highest BCUT2D eigenvalue weighted by molar-refractivity contribution is 5.94. The molecular weight excluding hydrogens is 362 g/mol. The van der Waals surface area contributed by atoms with Gasteiger partial charge in [-0.3, -0.25) is 4.79 Å². The van der Waals surface area contributed by atoms with Gasteiger partial charge in [-0.05, 0) is 56.5 Å². The van der Waals surface area contributed by atoms with E-state index < -0.39 is 0 Å². The molecule has 6 nitrogen and oxygen atoms in total. The lowest BCUT2D eigenvalue weighted by Crippen LogP contribution is -2.33. The highest BCUT2D eigenvalue weighted by Gasteiger charge is 2.17. The van der Waals surface area contributed by atoms with E-state index in [0.29, 0.717) is 18.3 Å². The number of nitrogens with zero attached hydrogens (tertiary/aromatic N) is 1. The molecule has 5 N–H and O–H groups in total. The Morgan fingerprint density at radius 2 is 2.00 bits per heavy atom. The van der Waals surface area contributed by atoms with Crippen LogP contribution in [0.15, 0.2) is 48.8 Å². The summed E-state index contributed by atoms with van der Waals surface area (Å²) in [5.41, 5.74) is 11.6. The Morgan fingerprint density at radius 3 is 2.69 bits per heavy atom. The second-order valence-corrected chi connectivity index (χ2v) is 7.66. The number of pyridine rings is 1. The van der Waals surface area contributed by atoms with E-state index in [1.54, 1.807) is 0 Å². The molecule has 152 valence electrons. The van der Waals surface area contributed by atoms with Crippen molar-refractivity contribution >= 4 is 11.7 Å². The summed E-state index contributed by atoms with van der Waals surface area (Å²) in [4.78, 5) is 20.3. The maximum absolute atomic E-state index is 12.8. The van der Waals surface area contributed by atoms with Crippen molar-refractivity contribution in [2.24, 2.45) is 5.73 Å². The minimum Gasteiger partial charge on any atom is -0.368 e. The maximum atomic E-state index is 12.8. The molecule has 3 aromatic rings. The lowest BCUT2D eigenvalue weighted by molar-refractivity contribution is 0.0933. The number of aryl methyl sites for hydroxylation is 2. The second-order valence-electron chi connectivity index (χ2n) is 7.66. The number of hydrogen-bond donors (Lipinski definition) is 4. The molecule has 1 aromatic carbocycles. The molecule has 1 unspecified atom stereocenters. The molecule has 0 bridgehead atoms. The van der Waals surface area contributed by atoms with E-state index in [9.17, 15) is 4.79 Å². The molecule has 0 spiro atoms. The number of aromatic amines is 1. The van der Waals surface area contributed by atoms with Crippen LogP contribution in [-0.2, 0) is 0 Å². The van der Waals surface area contributed by atoms with Gasteiger partial charge in [0.15, 0.2) is 0 Å². The second kappa shape index (κ2) is 8.92. The van der Waals surface area contributed by atoms with Gasteiger partial charge in [-0.1, -0.05) is 29.8 Å². The van der Waals surface area contributed by atoms with Gasteiger partial charge < -0.3 is 21.4 Å². The number of H-pyrrole nitrogens is 1. The highest BCUT2D eigenvalue weighted by atomic mass is 16.1. The summed E-state index contributed by atoms with van der Waals surface area (Å²) in [7, 11) is 0. The number of hydrogen-bond acceptors (Lipinski definition) is 4. The van der Waals surface area contributed by atoms with Gasteiger partial charge in [-0.2, -0.15) is 0 Å². The van der Waals surface area contributed by atoms with E-state index in [1.165, 1.54) is 0 Å². The number of anilines is 1. The predicted molar refractivity (Wildman–Crippen MR) is 118 cm³/mol. The first-order valence-electron chi connectivity index (χ1n) is 9.87. The zero-order valence-electron chi connectivity index (χ0n) is 17.4. The number of rotatable bonds is 7. The standard InChI is InChI=1S/C23H29N5O/c1-14(2)27-22-10-19(16(4)12-26-22)18-9-20(25-13-18)23(29)28-21(11-24)17-7-5-6-15(3)8-17/h5-10,12-14,21,25H,11,24H2,1-4H3,(H,26,27)(H,28,29). The first kappa shape index (κ1) is 20.6. The number of nitrogens with two attached hydrogens (primary N) is 1. The van der Waals surface area contributed by atoms with Crippen molar-refractivity contribution in [2.75, 3.05) is 11.9 Å². The first-order chi connectivity index (χ1) is 13.9. The van der Waals surface area contributed by atoms with Crippen LogP contribution in [0.5, 0.6) is 0 Å². The lowest BCUT2D eigenvalue weighted by atomic mass is 10.0. The van der Waals surface area contributed by atoms with Gasteiger partial charge in [-0.15, -0.1) is 0 Å². The Hall–Kier alpha value is -3.12. The van der Waals surface area contributed by atoms with Crippen LogP contribution < -0.4 is 16.4 Å². The van der Waals surface area contributed by atoms with Gasteiger partial charge in [0.2, 0.25) is 0 Å². The molecule has 29 heavy (non-hydrogen) atoms. The van der Waals surface area contributed by atoms with E-state index in [1.807, 2.05) is 62.6 Å². The number of aromatic nitrogens is 2. The monoisotopic (exact) mass is 391 g/mol. The molecule has 1 amide bonds. The van der Waals surface area contributed by atoms with Crippen molar-refractivity contribution in [2.45, 2.75) is 39.8 Å². The van der Waals surface area contributed by atoms with Crippen LogP contribution in [0.4, 0.5) is 5.82 Å². The summed E-state index contributed by atoms with van der Waals surface area (Å²) in [6.07, 6.45) is 3.69. The summed E-state index contributed by atoms with van der Waals surface area (Å²) < 4.78 is 0. The molecular formula is C23H29N5O. The third-order valence-electron chi connectivity index (χ3n) is 4.76. The fraction of sp³-hybridized carbons (Fsp3) is 0.304. The molecule has 1 atom stereocenters. The minimum absolute atomic E-state index is 0.180. The number of carbonyl (C=O) groups is 1. The van der Waals surface area contributed by atoms with Gasteiger partial charge >= 0.3 is 0 Å². The zero-order chi connectivity index (χ0) is 21.0. The summed E-state index contributed by atoms with van der Waals surface area (Å²) in [5.74, 6) is 0.635. The Balaban J connectivity index is 1.79. The average molecular weight is 392 g/mol. The van der Waals surface area contributed by atoms with E-state index in [2.05, 4.69) is 34.4 Å². The summed E-state index contributed by atoms with van der Waals surface area (Å²) >= 11 is 0. The summed E-state index contributed by atoms with van der Waals surface area (Å²) in [6.45, 7) is 8.51. The Morgan fingerprint density at radius 1 is 1.21 bits per heavy atom. The Labute approximate surface area is 171 Å². The third-order valence-corrected chi connectivity index (χ3v) is 4.76. The number of amides is 1. The average Bonchev–Trinajstić information content (AvgIpc) is 3.17. The quantitative estimate of drug-likeness (QED) is 0.490. The maximum Gasteiger partial charge on any atom is 0.268 e. The van der Waals surface area contributed by atoms with Crippen LogP contribution in [-0.4, -0.2) is 28.5 Å². The fourth-order valence-corrected chi connectivity index (χ4v) is 3.29. The van der Waals surface area contributed by atoms with Crippen LogP contribution in [0.2, 0.25) is 0 Å². The fourth-order valence-electron chi connectivity index (χ4n) is 3.29. The largest absolute Gasteiger partial charge is 0.368 e. The van der Waals surface area contributed by atoms with E-state index in [4.69, 9.17) is 5.73 Å². The number of nitrogens with one attached hydrogen (secondary N) is 3. The first-order valence-corrected chi connectivity index (χ1v) is 9.87. The molecule has 0 saturated heterocycles. The molecule has 6 heteroatoms. The molecule has 0 aliphatic carbocycles. The zero-order valence-corrected chi connectivity index (χ0v) is 17.4. The smallest absolute Gasteiger partial charge is 0.268 e. The number of carbonyl (C=O) groups excluding carboxylic acids is 1. The Bertz CT molecular complexity index is 992. The van der Waals surface area contributed by atoms with E-state index >= 15 is 0 Å². The topological polar surface area (TPSA) is 95.8 Å². The van der Waals surface area contributed by atoms with Crippen molar-refractivity contribution < 1.29 is 4.79 Å². The van der Waals surface area contributed by atoms with Crippen molar-refractivity contribution in [3.05, 3.63) is 71.2 Å². The minimum atomic E-state index is -0.237. The van der Waals surface area contributed by atoms with Crippen LogP contribution in [0.3, 0.4) is 0 Å². The highest BCUT2D eigenvalue weighted by Crippen LogP contribution is 2.26. The molecule has 0 aliphatic heterocycles. The predicted octanol–water partition coefficient (Wildman–Crippen LogP) is 3.94. The van der Waals surface area contributed by atoms with Crippen molar-refractivity contribution in [3.8, 4) is 11.1 Å². The normalized spacial score (nSPS) is 12.1. The van der Waals surface area contributed by atoms with Crippen molar-refractivity contribution in [1.82, 2.24) is 15.3 Å². The third kappa shape index (κ3) is 5.03. The van der Waals surface area contributed by atoms with Crippen LogP contribution in [0.25, 0.3) is 11.1 Å². The van der Waals surface area contributed by atoms with E-state index in [-0.39, 0.29) is 11.9 Å². The molecule has 0 radical (unpaired) electrons. The molecule has 2 aromatic heterocycles. The van der Waals surface area contributed by atoms with Gasteiger partial charge in [0.05, 0.1) is 6.04 Å². The SMILES string of the molecule is Cc1cccc(C(CN)NC(=O)c2cc(-c3cc(NC(C)C)ncc3C)c[nH]2)c1. The molecule has 3 rings (SSSR count). The summed E-state index contributed by atoms with van der Waals surface area (Å²) in [5, 5.41) is 6.34. The molecule has 0 aliphatic rings. The van der Waals surface area contributed by atoms with Crippen LogP contribution >= 0.6 is 0 Å². The molecule has 0 saturated carbocycles. The lowest BCUT2D eigenvalue weighted by Gasteiger charge is -2.17. The molecule has 2 heterocycles. The Kier molecular flexibility index (Phi) is 6.34. The van der Waals surface area contributed by atoms with Crippen LogP contribution in [0, 0.1) is 13.8 Å². The van der Waals surface area contributed by atoms with E-state index in [0.717, 1.165) is 33.6 Å². The van der Waals surface area contributed by atoms with Gasteiger partial charge in [0, 0.05) is 30.5 Å².